The number of azo groups is 1. The lowest BCUT2D eigenvalue weighted by Gasteiger charge is -2.21. The fourth-order valence-electron chi connectivity index (χ4n) is 2.85. The number of nitrogens with zero attached hydrogens (tertiary/aromatic N) is 3. The van der Waals surface area contributed by atoms with Gasteiger partial charge in [-0.1, -0.05) is 24.3 Å². The van der Waals surface area contributed by atoms with E-state index in [-0.39, 0.29) is 4.90 Å². The van der Waals surface area contributed by atoms with Crippen molar-refractivity contribution >= 4 is 39.8 Å². The van der Waals surface area contributed by atoms with Crippen LogP contribution in [-0.4, -0.2) is 37.2 Å². The van der Waals surface area contributed by atoms with E-state index in [1.807, 2.05) is 36.2 Å². The molecule has 0 atom stereocenters. The minimum atomic E-state index is -4.23. The van der Waals surface area contributed by atoms with Gasteiger partial charge in [-0.05, 0) is 59.6 Å². The van der Waals surface area contributed by atoms with Gasteiger partial charge in [0.2, 0.25) is 0 Å². The first-order chi connectivity index (χ1) is 14.2. The highest BCUT2D eigenvalue weighted by atomic mass is 32.2. The molecule has 154 valence electrons. The highest BCUT2D eigenvalue weighted by molar-refractivity contribution is 7.85. The predicted octanol–water partition coefficient (Wildman–Crippen LogP) is 2.66. The normalized spacial score (nSPS) is 11.6. The number of hydrogen-bond donors (Lipinski definition) is 3. The molecule has 0 spiro atoms. The summed E-state index contributed by atoms with van der Waals surface area (Å²) in [6, 6.07) is 19.8. The SMILES string of the molecule is CN(Cc1ccccc1B(O)O)c1ccc(N=Nc2ccc(S(=O)(=O)O)cc2)cc1. The summed E-state index contributed by atoms with van der Waals surface area (Å²) in [7, 11) is -3.86. The van der Waals surface area contributed by atoms with Crippen LogP contribution in [-0.2, 0) is 16.7 Å². The molecule has 0 saturated carbocycles. The molecule has 0 aliphatic rings. The Morgan fingerprint density at radius 1 is 0.867 bits per heavy atom. The molecule has 0 fully saturated rings. The van der Waals surface area contributed by atoms with E-state index in [1.54, 1.807) is 24.3 Å². The van der Waals surface area contributed by atoms with E-state index in [4.69, 9.17) is 4.55 Å². The Bertz CT molecular complexity index is 1130. The second-order valence-electron chi connectivity index (χ2n) is 6.61. The van der Waals surface area contributed by atoms with Crippen LogP contribution in [0.2, 0.25) is 0 Å². The van der Waals surface area contributed by atoms with E-state index in [0.717, 1.165) is 11.3 Å². The lowest BCUT2D eigenvalue weighted by Crippen LogP contribution is -2.35. The number of anilines is 1. The van der Waals surface area contributed by atoms with Gasteiger partial charge in [-0.3, -0.25) is 4.55 Å². The molecule has 3 rings (SSSR count). The molecule has 10 heteroatoms. The van der Waals surface area contributed by atoms with Gasteiger partial charge in [-0.2, -0.15) is 18.6 Å². The van der Waals surface area contributed by atoms with Gasteiger partial charge in [0.05, 0.1) is 16.3 Å². The maximum Gasteiger partial charge on any atom is 0.488 e. The van der Waals surface area contributed by atoms with Crippen molar-refractivity contribution in [1.29, 1.82) is 0 Å². The molecule has 0 bridgehead atoms. The maximum absolute atomic E-state index is 11.1. The van der Waals surface area contributed by atoms with E-state index < -0.39 is 17.2 Å². The van der Waals surface area contributed by atoms with Gasteiger partial charge in [-0.15, -0.1) is 0 Å². The summed E-state index contributed by atoms with van der Waals surface area (Å²) < 4.78 is 31.1. The van der Waals surface area contributed by atoms with Crippen molar-refractivity contribution in [2.45, 2.75) is 11.4 Å². The fourth-order valence-corrected chi connectivity index (χ4v) is 3.33. The largest absolute Gasteiger partial charge is 0.488 e. The molecule has 0 aliphatic heterocycles. The third-order valence-electron chi connectivity index (χ3n) is 4.45. The Hall–Kier alpha value is -3.05. The topological polar surface area (TPSA) is 123 Å². The quantitative estimate of drug-likeness (QED) is 0.304. The van der Waals surface area contributed by atoms with Gasteiger partial charge in [-0.25, -0.2) is 0 Å². The number of rotatable bonds is 7. The van der Waals surface area contributed by atoms with Crippen molar-refractivity contribution in [2.24, 2.45) is 10.2 Å². The molecule has 0 amide bonds. The monoisotopic (exact) mass is 425 g/mol. The molecular formula is C20H20BN3O5S. The van der Waals surface area contributed by atoms with Crippen LogP contribution in [0.15, 0.2) is 87.9 Å². The van der Waals surface area contributed by atoms with E-state index in [0.29, 0.717) is 23.4 Å². The molecule has 3 aromatic carbocycles. The lowest BCUT2D eigenvalue weighted by atomic mass is 9.77. The van der Waals surface area contributed by atoms with Crippen molar-refractivity contribution in [1.82, 2.24) is 0 Å². The van der Waals surface area contributed by atoms with Crippen molar-refractivity contribution < 1.29 is 23.0 Å². The second kappa shape index (κ2) is 9.18. The van der Waals surface area contributed by atoms with Gasteiger partial charge >= 0.3 is 7.12 Å². The van der Waals surface area contributed by atoms with Crippen LogP contribution in [0.1, 0.15) is 5.56 Å². The third kappa shape index (κ3) is 5.52. The van der Waals surface area contributed by atoms with Crippen molar-refractivity contribution in [3.05, 3.63) is 78.4 Å². The average molecular weight is 425 g/mol. The Kier molecular flexibility index (Phi) is 6.63. The highest BCUT2D eigenvalue weighted by Gasteiger charge is 2.16. The van der Waals surface area contributed by atoms with Gasteiger partial charge < -0.3 is 14.9 Å². The molecule has 0 saturated heterocycles. The zero-order valence-electron chi connectivity index (χ0n) is 16.1. The Balaban J connectivity index is 1.68. The lowest BCUT2D eigenvalue weighted by molar-refractivity contribution is 0.425. The first kappa shape index (κ1) is 21.7. The van der Waals surface area contributed by atoms with Crippen LogP contribution < -0.4 is 10.4 Å². The molecule has 0 heterocycles. The van der Waals surface area contributed by atoms with Crippen LogP contribution in [0.25, 0.3) is 0 Å². The minimum absolute atomic E-state index is 0.205. The van der Waals surface area contributed by atoms with Gasteiger partial charge in [0, 0.05) is 19.3 Å². The number of benzene rings is 3. The number of hydrogen-bond acceptors (Lipinski definition) is 7. The standard InChI is InChI=1S/C20H20BN3O5S/c1-24(14-15-4-2-3-5-20(15)21(25)26)18-10-6-16(7-11-18)22-23-17-8-12-19(13-9-17)30(27,28)29/h2-13,25-26H,14H2,1H3,(H,27,28,29). The Labute approximate surface area is 175 Å². The molecule has 30 heavy (non-hydrogen) atoms. The van der Waals surface area contributed by atoms with Crippen LogP contribution in [0, 0.1) is 0 Å². The predicted molar refractivity (Wildman–Crippen MR) is 115 cm³/mol. The Morgan fingerprint density at radius 2 is 1.40 bits per heavy atom. The molecule has 0 unspecified atom stereocenters. The van der Waals surface area contributed by atoms with Crippen molar-refractivity contribution in [3.8, 4) is 0 Å². The zero-order valence-corrected chi connectivity index (χ0v) is 16.9. The van der Waals surface area contributed by atoms with Gasteiger partial charge in [0.15, 0.2) is 0 Å². The fraction of sp³-hybridized carbons (Fsp3) is 0.100. The Morgan fingerprint density at radius 3 is 1.93 bits per heavy atom. The molecule has 3 aromatic rings. The summed E-state index contributed by atoms with van der Waals surface area (Å²) >= 11 is 0. The summed E-state index contributed by atoms with van der Waals surface area (Å²) in [4.78, 5) is 1.76. The summed E-state index contributed by atoms with van der Waals surface area (Å²) in [5.74, 6) is 0. The van der Waals surface area contributed by atoms with Crippen LogP contribution in [0.4, 0.5) is 17.1 Å². The average Bonchev–Trinajstić information content (AvgIpc) is 2.72. The first-order valence-electron chi connectivity index (χ1n) is 8.98. The summed E-state index contributed by atoms with van der Waals surface area (Å²) in [5.41, 5.74) is 3.25. The van der Waals surface area contributed by atoms with Gasteiger partial charge in [0.25, 0.3) is 10.1 Å². The van der Waals surface area contributed by atoms with E-state index in [2.05, 4.69) is 10.2 Å². The summed E-state index contributed by atoms with van der Waals surface area (Å²) in [6.07, 6.45) is 0. The molecule has 0 aromatic heterocycles. The maximum atomic E-state index is 11.1. The second-order valence-corrected chi connectivity index (χ2v) is 8.04. The van der Waals surface area contributed by atoms with Crippen molar-refractivity contribution in [2.75, 3.05) is 11.9 Å². The minimum Gasteiger partial charge on any atom is -0.423 e. The highest BCUT2D eigenvalue weighted by Crippen LogP contribution is 2.23. The van der Waals surface area contributed by atoms with E-state index >= 15 is 0 Å². The molecule has 0 aliphatic carbocycles. The van der Waals surface area contributed by atoms with Gasteiger partial charge in [0.1, 0.15) is 0 Å². The molecule has 0 radical (unpaired) electrons. The third-order valence-corrected chi connectivity index (χ3v) is 5.31. The molecule has 3 N–H and O–H groups in total. The first-order valence-corrected chi connectivity index (χ1v) is 10.4. The smallest absolute Gasteiger partial charge is 0.423 e. The summed E-state index contributed by atoms with van der Waals surface area (Å²) in [6.45, 7) is 0.495. The zero-order chi connectivity index (χ0) is 21.7. The molecular weight excluding hydrogens is 405 g/mol. The van der Waals surface area contributed by atoms with Crippen LogP contribution >= 0.6 is 0 Å². The molecule has 8 nitrogen and oxygen atoms in total. The van der Waals surface area contributed by atoms with E-state index in [1.165, 1.54) is 24.3 Å². The summed E-state index contributed by atoms with van der Waals surface area (Å²) in [5, 5.41) is 27.2. The van der Waals surface area contributed by atoms with Crippen LogP contribution in [0.5, 0.6) is 0 Å². The van der Waals surface area contributed by atoms with Crippen molar-refractivity contribution in [3.63, 3.8) is 0 Å². The van der Waals surface area contributed by atoms with E-state index in [9.17, 15) is 18.5 Å². The van der Waals surface area contributed by atoms with Crippen LogP contribution in [0.3, 0.4) is 0 Å².